The van der Waals surface area contributed by atoms with Gasteiger partial charge in [-0.25, -0.2) is 13.3 Å². The Balaban J connectivity index is 1.93. The maximum Gasteiger partial charge on any atom is 0.248 e. The molecular weight excluding hydrogens is 399 g/mol. The van der Waals surface area contributed by atoms with E-state index in [-0.39, 0.29) is 17.1 Å². The van der Waals surface area contributed by atoms with Crippen LogP contribution in [0.2, 0.25) is 0 Å². The zero-order valence-electron chi connectivity index (χ0n) is 18.8. The second kappa shape index (κ2) is 7.40. The number of nitrogens with zero attached hydrogens (tertiary/aromatic N) is 1. The largest absolute Gasteiger partial charge is 0.347 e. The number of hydrogen-bond acceptors (Lipinski definition) is 2. The Morgan fingerprint density at radius 1 is 1.03 bits per heavy atom. The standard InChI is InChI=1S/C24H35FN2O2S/c1-22(2,3)30(29)26-24(21(28)27(4)5,19-6-8-20(25)9-7-19)23-13-16-10-17(14-23)12-18(11-16)15-23/h6-9,16-18,26H,10-15H2,1-5H3/t16?,17?,18?,23?,24-,30?/m1/s1. The second-order valence-electron chi connectivity index (χ2n) is 11.1. The maximum atomic E-state index is 14.1. The van der Waals surface area contributed by atoms with Crippen LogP contribution < -0.4 is 4.72 Å². The molecule has 5 rings (SSSR count). The van der Waals surface area contributed by atoms with Gasteiger partial charge in [0.25, 0.3) is 0 Å². The summed E-state index contributed by atoms with van der Waals surface area (Å²) < 4.78 is 30.2. The molecular formula is C24H35FN2O2S. The minimum absolute atomic E-state index is 0.0753. The first-order valence-electron chi connectivity index (χ1n) is 11.1. The van der Waals surface area contributed by atoms with Gasteiger partial charge in [0.05, 0.1) is 15.7 Å². The number of halogens is 1. The third kappa shape index (κ3) is 3.44. The Morgan fingerprint density at radius 2 is 1.50 bits per heavy atom. The zero-order chi connectivity index (χ0) is 21.9. The highest BCUT2D eigenvalue weighted by Crippen LogP contribution is 2.66. The fourth-order valence-electron chi connectivity index (χ4n) is 6.76. The van der Waals surface area contributed by atoms with Gasteiger partial charge in [-0.2, -0.15) is 0 Å². The van der Waals surface area contributed by atoms with Gasteiger partial charge in [0.1, 0.15) is 11.4 Å². The molecule has 4 nitrogen and oxygen atoms in total. The SMILES string of the molecule is CN(C)C(=O)[C@](NS(=O)C(C)(C)C)(c1ccc(F)cc1)C12CC3CC(CC(C3)C1)C2. The monoisotopic (exact) mass is 434 g/mol. The van der Waals surface area contributed by atoms with Crippen molar-refractivity contribution in [2.24, 2.45) is 23.2 Å². The number of carbonyl (C=O) groups is 1. The lowest BCUT2D eigenvalue weighted by Crippen LogP contribution is -2.69. The second-order valence-corrected chi connectivity index (χ2v) is 13.1. The van der Waals surface area contributed by atoms with Gasteiger partial charge in [0.2, 0.25) is 5.91 Å². The van der Waals surface area contributed by atoms with Crippen LogP contribution in [0.3, 0.4) is 0 Å². The molecule has 0 saturated heterocycles. The van der Waals surface area contributed by atoms with Gasteiger partial charge in [0.15, 0.2) is 0 Å². The van der Waals surface area contributed by atoms with Crippen molar-refractivity contribution in [3.05, 3.63) is 35.6 Å². The van der Waals surface area contributed by atoms with Gasteiger partial charge in [-0.15, -0.1) is 0 Å². The maximum absolute atomic E-state index is 14.1. The van der Waals surface area contributed by atoms with E-state index in [1.54, 1.807) is 31.1 Å². The summed E-state index contributed by atoms with van der Waals surface area (Å²) in [5.41, 5.74) is -0.692. The molecule has 0 heterocycles. The van der Waals surface area contributed by atoms with Gasteiger partial charge in [0, 0.05) is 19.5 Å². The van der Waals surface area contributed by atoms with Crippen LogP contribution in [0.25, 0.3) is 0 Å². The fourth-order valence-corrected chi connectivity index (χ4v) is 7.77. The topological polar surface area (TPSA) is 49.4 Å². The highest BCUT2D eigenvalue weighted by atomic mass is 32.2. The van der Waals surface area contributed by atoms with E-state index in [1.807, 2.05) is 20.8 Å². The highest BCUT2D eigenvalue weighted by molar-refractivity contribution is 7.84. The normalized spacial score (nSPS) is 33.2. The molecule has 4 aliphatic carbocycles. The number of likely N-dealkylation sites (N-methyl/N-ethyl adjacent to an activating group) is 1. The van der Waals surface area contributed by atoms with Crippen LogP contribution in [0, 0.1) is 29.0 Å². The average Bonchev–Trinajstić information content (AvgIpc) is 2.64. The molecule has 4 aliphatic rings. The van der Waals surface area contributed by atoms with Crippen LogP contribution >= 0.6 is 0 Å². The van der Waals surface area contributed by atoms with Gasteiger partial charge < -0.3 is 4.90 Å². The first-order chi connectivity index (χ1) is 14.0. The van der Waals surface area contributed by atoms with Crippen molar-refractivity contribution in [3.8, 4) is 0 Å². The van der Waals surface area contributed by atoms with E-state index in [2.05, 4.69) is 4.72 Å². The third-order valence-electron chi connectivity index (χ3n) is 7.64. The van der Waals surface area contributed by atoms with E-state index in [9.17, 15) is 13.4 Å². The van der Waals surface area contributed by atoms with E-state index in [0.717, 1.165) is 24.8 Å². The summed E-state index contributed by atoms with van der Waals surface area (Å²) >= 11 is 0. The number of nitrogens with one attached hydrogen (secondary N) is 1. The van der Waals surface area contributed by atoms with Crippen molar-refractivity contribution in [2.75, 3.05) is 14.1 Å². The van der Waals surface area contributed by atoms with Crippen LogP contribution in [-0.4, -0.2) is 33.9 Å². The molecule has 30 heavy (non-hydrogen) atoms. The molecule has 0 aromatic heterocycles. The molecule has 6 heteroatoms. The zero-order valence-corrected chi connectivity index (χ0v) is 19.7. The van der Waals surface area contributed by atoms with Crippen molar-refractivity contribution >= 4 is 16.9 Å². The number of carbonyl (C=O) groups excluding carboxylic acids is 1. The lowest BCUT2D eigenvalue weighted by atomic mass is 9.43. The average molecular weight is 435 g/mol. The summed E-state index contributed by atoms with van der Waals surface area (Å²) in [5.74, 6) is 1.46. The predicted octanol–water partition coefficient (Wildman–Crippen LogP) is 4.38. The van der Waals surface area contributed by atoms with E-state index in [0.29, 0.717) is 17.8 Å². The van der Waals surface area contributed by atoms with Gasteiger partial charge >= 0.3 is 0 Å². The van der Waals surface area contributed by atoms with Crippen LogP contribution in [0.5, 0.6) is 0 Å². The van der Waals surface area contributed by atoms with Crippen molar-refractivity contribution in [1.29, 1.82) is 0 Å². The number of hydrogen-bond donors (Lipinski definition) is 1. The van der Waals surface area contributed by atoms with Crippen molar-refractivity contribution in [3.63, 3.8) is 0 Å². The quantitative estimate of drug-likeness (QED) is 0.748. The Hall–Kier alpha value is -1.27. The predicted molar refractivity (Wildman–Crippen MR) is 118 cm³/mol. The lowest BCUT2D eigenvalue weighted by molar-refractivity contribution is -0.157. The summed E-state index contributed by atoms with van der Waals surface area (Å²) in [6, 6.07) is 6.30. The molecule has 0 aliphatic heterocycles. The Kier molecular flexibility index (Phi) is 5.42. The molecule has 2 atom stereocenters. The Morgan fingerprint density at radius 3 is 1.90 bits per heavy atom. The Labute approximate surface area is 182 Å². The third-order valence-corrected chi connectivity index (χ3v) is 9.24. The van der Waals surface area contributed by atoms with Gasteiger partial charge in [-0.05, 0) is 94.7 Å². The lowest BCUT2D eigenvalue weighted by Gasteiger charge is -2.63. The first-order valence-corrected chi connectivity index (χ1v) is 12.3. The number of rotatable bonds is 5. The minimum Gasteiger partial charge on any atom is -0.347 e. The van der Waals surface area contributed by atoms with Gasteiger partial charge in [-0.3, -0.25) is 4.79 Å². The molecule has 1 aromatic carbocycles. The molecule has 4 fully saturated rings. The number of benzene rings is 1. The molecule has 4 bridgehead atoms. The van der Waals surface area contributed by atoms with Crippen LogP contribution in [0.1, 0.15) is 64.9 Å². The summed E-state index contributed by atoms with van der Waals surface area (Å²) in [4.78, 5) is 15.7. The summed E-state index contributed by atoms with van der Waals surface area (Å²) in [6.07, 6.45) is 6.63. The van der Waals surface area contributed by atoms with Gasteiger partial charge in [-0.1, -0.05) is 12.1 Å². The Bertz CT molecular complexity index is 810. The molecule has 1 unspecified atom stereocenters. The molecule has 0 radical (unpaired) electrons. The molecule has 1 N–H and O–H groups in total. The summed E-state index contributed by atoms with van der Waals surface area (Å²) in [7, 11) is 2.08. The van der Waals surface area contributed by atoms with Crippen LogP contribution in [0.4, 0.5) is 4.39 Å². The summed E-state index contributed by atoms with van der Waals surface area (Å²) in [5, 5.41) is 0. The molecule has 0 spiro atoms. The molecule has 166 valence electrons. The van der Waals surface area contributed by atoms with E-state index < -0.39 is 21.3 Å². The molecule has 1 amide bonds. The molecule has 4 saturated carbocycles. The smallest absolute Gasteiger partial charge is 0.248 e. The summed E-state index contributed by atoms with van der Waals surface area (Å²) in [6.45, 7) is 5.77. The van der Waals surface area contributed by atoms with E-state index in [4.69, 9.17) is 0 Å². The highest BCUT2D eigenvalue weighted by Gasteiger charge is 2.65. The van der Waals surface area contributed by atoms with Crippen molar-refractivity contribution in [1.82, 2.24) is 9.62 Å². The number of amides is 1. The fraction of sp³-hybridized carbons (Fsp3) is 0.708. The molecule has 1 aromatic rings. The van der Waals surface area contributed by atoms with E-state index >= 15 is 0 Å². The van der Waals surface area contributed by atoms with Crippen LogP contribution in [0.15, 0.2) is 24.3 Å². The van der Waals surface area contributed by atoms with Crippen molar-refractivity contribution in [2.45, 2.75) is 69.6 Å². The van der Waals surface area contributed by atoms with Crippen molar-refractivity contribution < 1.29 is 13.4 Å². The first kappa shape index (κ1) is 21.9. The van der Waals surface area contributed by atoms with Crippen LogP contribution in [-0.2, 0) is 21.3 Å². The van der Waals surface area contributed by atoms with E-state index in [1.165, 1.54) is 31.4 Å². The minimum atomic E-state index is -1.45.